The summed E-state index contributed by atoms with van der Waals surface area (Å²) in [6.07, 6.45) is 2.06. The zero-order valence-electron chi connectivity index (χ0n) is 12.5. The van der Waals surface area contributed by atoms with Crippen molar-refractivity contribution in [3.63, 3.8) is 0 Å². The minimum Gasteiger partial charge on any atom is -0.349 e. The van der Waals surface area contributed by atoms with Crippen LogP contribution in [0.3, 0.4) is 0 Å². The van der Waals surface area contributed by atoms with Gasteiger partial charge in [-0.3, -0.25) is 9.59 Å². The molecular formula is C18H17ClN2O2. The third kappa shape index (κ3) is 4.11. The average molecular weight is 329 g/mol. The van der Waals surface area contributed by atoms with Gasteiger partial charge in [-0.2, -0.15) is 0 Å². The molecule has 2 N–H and O–H groups in total. The molecule has 0 aromatic heterocycles. The van der Waals surface area contributed by atoms with E-state index in [-0.39, 0.29) is 11.8 Å². The highest BCUT2D eigenvalue weighted by Crippen LogP contribution is 2.19. The van der Waals surface area contributed by atoms with Crippen molar-refractivity contribution in [2.75, 3.05) is 0 Å². The highest BCUT2D eigenvalue weighted by molar-refractivity contribution is 6.31. The van der Waals surface area contributed by atoms with Crippen LogP contribution in [0.5, 0.6) is 0 Å². The number of carbonyl (C=O) groups excluding carboxylic acids is 2. The van der Waals surface area contributed by atoms with E-state index in [0.717, 1.165) is 18.4 Å². The maximum absolute atomic E-state index is 12.3. The molecule has 0 aliphatic heterocycles. The Balaban J connectivity index is 1.65. The van der Waals surface area contributed by atoms with Crippen molar-refractivity contribution in [2.45, 2.75) is 25.4 Å². The third-order valence-electron chi connectivity index (χ3n) is 3.70. The SMILES string of the molecule is O=C(NCc1ccccc1Cl)c1cccc(C(=O)NC2CC2)c1. The van der Waals surface area contributed by atoms with Crippen LogP contribution in [0.1, 0.15) is 39.1 Å². The number of rotatable bonds is 5. The predicted molar refractivity (Wildman–Crippen MR) is 89.6 cm³/mol. The molecule has 1 aliphatic carbocycles. The van der Waals surface area contributed by atoms with Crippen LogP contribution in [0.25, 0.3) is 0 Å². The van der Waals surface area contributed by atoms with Gasteiger partial charge in [0.1, 0.15) is 0 Å². The molecule has 0 unspecified atom stereocenters. The lowest BCUT2D eigenvalue weighted by Gasteiger charge is -2.08. The predicted octanol–water partition coefficient (Wildman–Crippen LogP) is 3.16. The van der Waals surface area contributed by atoms with Crippen molar-refractivity contribution in [1.29, 1.82) is 0 Å². The topological polar surface area (TPSA) is 58.2 Å². The molecule has 1 fully saturated rings. The summed E-state index contributed by atoms with van der Waals surface area (Å²) in [7, 11) is 0. The molecule has 1 aliphatic rings. The van der Waals surface area contributed by atoms with E-state index < -0.39 is 0 Å². The van der Waals surface area contributed by atoms with Crippen molar-refractivity contribution in [3.05, 3.63) is 70.2 Å². The molecule has 0 bridgehead atoms. The number of carbonyl (C=O) groups is 2. The molecule has 2 aromatic rings. The van der Waals surface area contributed by atoms with E-state index in [1.165, 1.54) is 0 Å². The fourth-order valence-corrected chi connectivity index (χ4v) is 2.42. The molecular weight excluding hydrogens is 312 g/mol. The molecule has 2 amide bonds. The van der Waals surface area contributed by atoms with E-state index in [0.29, 0.717) is 28.7 Å². The van der Waals surface area contributed by atoms with E-state index in [2.05, 4.69) is 10.6 Å². The van der Waals surface area contributed by atoms with Crippen LogP contribution in [0.15, 0.2) is 48.5 Å². The van der Waals surface area contributed by atoms with E-state index in [1.807, 2.05) is 18.2 Å². The summed E-state index contributed by atoms with van der Waals surface area (Å²) < 4.78 is 0. The third-order valence-corrected chi connectivity index (χ3v) is 4.07. The van der Waals surface area contributed by atoms with Crippen LogP contribution in [-0.2, 0) is 6.54 Å². The summed E-state index contributed by atoms with van der Waals surface area (Å²) in [5.74, 6) is -0.362. The molecule has 3 rings (SSSR count). The lowest BCUT2D eigenvalue weighted by Crippen LogP contribution is -2.26. The summed E-state index contributed by atoms with van der Waals surface area (Å²) in [6, 6.07) is 14.4. The van der Waals surface area contributed by atoms with E-state index in [9.17, 15) is 9.59 Å². The number of hydrogen-bond acceptors (Lipinski definition) is 2. The Morgan fingerprint density at radius 1 is 1.00 bits per heavy atom. The van der Waals surface area contributed by atoms with Gasteiger partial charge in [0.2, 0.25) is 0 Å². The van der Waals surface area contributed by atoms with Crippen molar-refractivity contribution >= 4 is 23.4 Å². The molecule has 0 radical (unpaired) electrons. The van der Waals surface area contributed by atoms with Gasteiger partial charge >= 0.3 is 0 Å². The minimum atomic E-state index is -0.231. The Morgan fingerprint density at radius 2 is 1.70 bits per heavy atom. The van der Waals surface area contributed by atoms with E-state index in [4.69, 9.17) is 11.6 Å². The largest absolute Gasteiger partial charge is 0.349 e. The molecule has 1 saturated carbocycles. The lowest BCUT2D eigenvalue weighted by atomic mass is 10.1. The van der Waals surface area contributed by atoms with Gasteiger partial charge in [-0.05, 0) is 42.7 Å². The van der Waals surface area contributed by atoms with Gasteiger partial charge in [-0.25, -0.2) is 0 Å². The minimum absolute atomic E-state index is 0.131. The number of hydrogen-bond donors (Lipinski definition) is 2. The fraction of sp³-hybridized carbons (Fsp3) is 0.222. The van der Waals surface area contributed by atoms with E-state index >= 15 is 0 Å². The first-order valence-corrected chi connectivity index (χ1v) is 7.94. The lowest BCUT2D eigenvalue weighted by molar-refractivity contribution is 0.0950. The summed E-state index contributed by atoms with van der Waals surface area (Å²) in [5, 5.41) is 6.35. The zero-order chi connectivity index (χ0) is 16.2. The standard InChI is InChI=1S/C18H17ClN2O2/c19-16-7-2-1-4-14(16)11-20-17(22)12-5-3-6-13(10-12)18(23)21-15-8-9-15/h1-7,10,15H,8-9,11H2,(H,20,22)(H,21,23). The van der Waals surface area contributed by atoms with Crippen LogP contribution in [0.4, 0.5) is 0 Å². The molecule has 0 spiro atoms. The first kappa shape index (κ1) is 15.6. The maximum Gasteiger partial charge on any atom is 0.251 e. The molecule has 4 nitrogen and oxygen atoms in total. The summed E-state index contributed by atoms with van der Waals surface area (Å²) in [6.45, 7) is 0.344. The van der Waals surface area contributed by atoms with E-state index in [1.54, 1.807) is 30.3 Å². The number of benzene rings is 2. The number of amides is 2. The van der Waals surface area contributed by atoms with Gasteiger partial charge in [0.05, 0.1) is 0 Å². The van der Waals surface area contributed by atoms with Gasteiger partial charge in [0.25, 0.3) is 11.8 Å². The van der Waals surface area contributed by atoms with Crippen LogP contribution in [-0.4, -0.2) is 17.9 Å². The second-order valence-electron chi connectivity index (χ2n) is 5.60. The Hall–Kier alpha value is -2.33. The first-order chi connectivity index (χ1) is 11.1. The van der Waals surface area contributed by atoms with Crippen molar-refractivity contribution in [3.8, 4) is 0 Å². The summed E-state index contributed by atoms with van der Waals surface area (Å²) in [4.78, 5) is 24.3. The zero-order valence-corrected chi connectivity index (χ0v) is 13.3. The molecule has 118 valence electrons. The highest BCUT2D eigenvalue weighted by atomic mass is 35.5. The van der Waals surface area contributed by atoms with Crippen LogP contribution < -0.4 is 10.6 Å². The highest BCUT2D eigenvalue weighted by Gasteiger charge is 2.24. The van der Waals surface area contributed by atoms with Gasteiger partial charge in [-0.15, -0.1) is 0 Å². The second kappa shape index (κ2) is 6.84. The van der Waals surface area contributed by atoms with Gasteiger partial charge in [0.15, 0.2) is 0 Å². The monoisotopic (exact) mass is 328 g/mol. The number of nitrogens with one attached hydrogen (secondary N) is 2. The molecule has 2 aromatic carbocycles. The second-order valence-corrected chi connectivity index (χ2v) is 6.01. The quantitative estimate of drug-likeness (QED) is 0.885. The Bertz CT molecular complexity index is 741. The van der Waals surface area contributed by atoms with Crippen molar-refractivity contribution in [2.24, 2.45) is 0 Å². The first-order valence-electron chi connectivity index (χ1n) is 7.56. The summed E-state index contributed by atoms with van der Waals surface area (Å²) in [5.41, 5.74) is 1.81. The van der Waals surface area contributed by atoms with Crippen molar-refractivity contribution in [1.82, 2.24) is 10.6 Å². The van der Waals surface area contributed by atoms with Gasteiger partial charge in [-0.1, -0.05) is 35.9 Å². The maximum atomic E-state index is 12.3. The fourth-order valence-electron chi connectivity index (χ4n) is 2.22. The summed E-state index contributed by atoms with van der Waals surface area (Å²) >= 11 is 6.07. The molecule has 0 heterocycles. The normalized spacial score (nSPS) is 13.4. The Labute approximate surface area is 139 Å². The van der Waals surface area contributed by atoms with Crippen molar-refractivity contribution < 1.29 is 9.59 Å². The molecule has 5 heteroatoms. The average Bonchev–Trinajstić information content (AvgIpc) is 3.38. The molecule has 0 saturated heterocycles. The Kier molecular flexibility index (Phi) is 4.63. The van der Waals surface area contributed by atoms with Gasteiger partial charge < -0.3 is 10.6 Å². The molecule has 23 heavy (non-hydrogen) atoms. The molecule has 0 atom stereocenters. The smallest absolute Gasteiger partial charge is 0.251 e. The van der Waals surface area contributed by atoms with Crippen LogP contribution >= 0.6 is 11.6 Å². The van der Waals surface area contributed by atoms with Crippen LogP contribution in [0.2, 0.25) is 5.02 Å². The van der Waals surface area contributed by atoms with Gasteiger partial charge in [0, 0.05) is 28.7 Å². The number of halogens is 1. The van der Waals surface area contributed by atoms with Crippen LogP contribution in [0, 0.1) is 0 Å². The Morgan fingerprint density at radius 3 is 2.39 bits per heavy atom.